The number of hydrogen-bond acceptors (Lipinski definition) is 6. The molecule has 1 heterocycles. The van der Waals surface area contributed by atoms with Crippen LogP contribution in [0.1, 0.15) is 66.2 Å². The van der Waals surface area contributed by atoms with E-state index in [1.807, 2.05) is 12.2 Å². The minimum atomic E-state index is -0.870. The summed E-state index contributed by atoms with van der Waals surface area (Å²) in [4.78, 5) is 51.3. The van der Waals surface area contributed by atoms with Gasteiger partial charge < -0.3 is 25.6 Å². The lowest BCUT2D eigenvalue weighted by molar-refractivity contribution is -0.138. The van der Waals surface area contributed by atoms with E-state index in [0.29, 0.717) is 19.4 Å². The summed E-state index contributed by atoms with van der Waals surface area (Å²) in [7, 11) is 1.50. The Bertz CT molecular complexity index is 707. The van der Waals surface area contributed by atoms with Gasteiger partial charge >= 0.3 is 6.09 Å². The number of thiol groups is 1. The average molecular weight is 485 g/mol. The molecule has 1 aliphatic rings. The van der Waals surface area contributed by atoms with E-state index in [-0.39, 0.29) is 18.4 Å². The van der Waals surface area contributed by atoms with E-state index in [2.05, 4.69) is 35.5 Å². The molecule has 0 aliphatic carbocycles. The monoisotopic (exact) mass is 484 g/mol. The fraction of sp³-hybridized carbons (Fsp3) is 0.739. The van der Waals surface area contributed by atoms with Crippen molar-refractivity contribution in [2.75, 3.05) is 20.1 Å². The topological polar surface area (TPSA) is 117 Å². The maximum Gasteiger partial charge on any atom is 0.408 e. The molecule has 0 saturated carbocycles. The van der Waals surface area contributed by atoms with Gasteiger partial charge in [-0.3, -0.25) is 14.4 Å². The number of alkyl carbamates (subject to hydrolysis) is 1. The molecule has 1 aliphatic heterocycles. The predicted molar refractivity (Wildman–Crippen MR) is 131 cm³/mol. The van der Waals surface area contributed by atoms with Crippen molar-refractivity contribution >= 4 is 36.4 Å². The Morgan fingerprint density at radius 2 is 1.91 bits per heavy atom. The molecule has 9 nitrogen and oxygen atoms in total. The van der Waals surface area contributed by atoms with Crippen LogP contribution >= 0.6 is 12.6 Å². The first-order chi connectivity index (χ1) is 15.5. The number of amides is 4. The lowest BCUT2D eigenvalue weighted by Crippen LogP contribution is -2.56. The van der Waals surface area contributed by atoms with Gasteiger partial charge in [-0.1, -0.05) is 31.9 Å². The van der Waals surface area contributed by atoms with Crippen LogP contribution in [-0.4, -0.2) is 71.8 Å². The Morgan fingerprint density at radius 1 is 1.21 bits per heavy atom. The molecule has 0 aromatic carbocycles. The van der Waals surface area contributed by atoms with Crippen LogP contribution in [-0.2, 0) is 19.1 Å². The highest BCUT2D eigenvalue weighted by Gasteiger charge is 2.36. The van der Waals surface area contributed by atoms with E-state index in [9.17, 15) is 19.2 Å². The molecule has 1 saturated heterocycles. The molecule has 4 amide bonds. The highest BCUT2D eigenvalue weighted by molar-refractivity contribution is 7.81. The van der Waals surface area contributed by atoms with Gasteiger partial charge in [-0.2, -0.15) is 12.6 Å². The summed E-state index contributed by atoms with van der Waals surface area (Å²) in [6.07, 6.45) is 8.43. The summed E-state index contributed by atoms with van der Waals surface area (Å²) in [5, 5.41) is 7.24. The van der Waals surface area contributed by atoms with Crippen molar-refractivity contribution in [3.8, 4) is 0 Å². The molecule has 33 heavy (non-hydrogen) atoms. The Labute approximate surface area is 202 Å². The van der Waals surface area contributed by atoms with Crippen LogP contribution in [0.3, 0.4) is 0 Å². The van der Waals surface area contributed by atoms with E-state index in [4.69, 9.17) is 4.74 Å². The average Bonchev–Trinajstić information content (AvgIpc) is 3.23. The van der Waals surface area contributed by atoms with Gasteiger partial charge in [0.25, 0.3) is 0 Å². The zero-order valence-electron chi connectivity index (χ0n) is 20.5. The number of carbonyl (C=O) groups is 4. The molecule has 3 N–H and O–H groups in total. The molecule has 0 bridgehead atoms. The highest BCUT2D eigenvalue weighted by Crippen LogP contribution is 2.18. The van der Waals surface area contributed by atoms with E-state index in [1.165, 1.54) is 11.9 Å². The third kappa shape index (κ3) is 10.5. The summed E-state index contributed by atoms with van der Waals surface area (Å²) in [5.74, 6) is -1.15. The summed E-state index contributed by atoms with van der Waals surface area (Å²) >= 11 is 4.51. The molecular formula is C23H40N4O5S. The van der Waals surface area contributed by atoms with Gasteiger partial charge in [-0.05, 0) is 46.5 Å². The number of likely N-dealkylation sites (N-methyl/N-ethyl adjacent to an activating group) is 1. The van der Waals surface area contributed by atoms with Crippen molar-refractivity contribution in [3.05, 3.63) is 12.2 Å². The molecule has 188 valence electrons. The van der Waals surface area contributed by atoms with Crippen LogP contribution in [0.25, 0.3) is 0 Å². The summed E-state index contributed by atoms with van der Waals surface area (Å²) in [6.45, 7) is 7.45. The van der Waals surface area contributed by atoms with Crippen LogP contribution in [0.2, 0.25) is 0 Å². The number of rotatable bonds is 11. The van der Waals surface area contributed by atoms with E-state index in [1.54, 1.807) is 20.8 Å². The predicted octanol–water partition coefficient (Wildman–Crippen LogP) is 2.17. The van der Waals surface area contributed by atoms with Gasteiger partial charge in [0.15, 0.2) is 0 Å². The second-order valence-corrected chi connectivity index (χ2v) is 9.71. The van der Waals surface area contributed by atoms with Crippen molar-refractivity contribution < 1.29 is 23.9 Å². The Hall–Kier alpha value is -2.23. The number of nitrogens with zero attached hydrogens (tertiary/aromatic N) is 1. The second kappa shape index (κ2) is 14.1. The summed E-state index contributed by atoms with van der Waals surface area (Å²) < 4.78 is 5.14. The van der Waals surface area contributed by atoms with Gasteiger partial charge in [0.2, 0.25) is 17.7 Å². The van der Waals surface area contributed by atoms with Crippen LogP contribution < -0.4 is 16.0 Å². The molecule has 0 aromatic rings. The highest BCUT2D eigenvalue weighted by atomic mass is 32.1. The fourth-order valence-corrected chi connectivity index (χ4v) is 3.80. The molecule has 10 heteroatoms. The fourth-order valence-electron chi connectivity index (χ4n) is 3.47. The van der Waals surface area contributed by atoms with E-state index >= 15 is 0 Å². The molecule has 0 aromatic heterocycles. The molecular weight excluding hydrogens is 444 g/mol. The maximum atomic E-state index is 13.0. The van der Waals surface area contributed by atoms with Crippen LogP contribution in [0.15, 0.2) is 12.2 Å². The lowest BCUT2D eigenvalue weighted by atomic mass is 10.1. The Morgan fingerprint density at radius 3 is 2.52 bits per heavy atom. The smallest absolute Gasteiger partial charge is 0.408 e. The minimum Gasteiger partial charge on any atom is -0.444 e. The molecule has 3 unspecified atom stereocenters. The summed E-state index contributed by atoms with van der Waals surface area (Å²) in [5.41, 5.74) is -0.675. The zero-order valence-corrected chi connectivity index (χ0v) is 21.4. The number of allylic oxidation sites excluding steroid dienone is 1. The van der Waals surface area contributed by atoms with Gasteiger partial charge in [-0.25, -0.2) is 4.79 Å². The number of unbranched alkanes of at least 4 members (excludes halogenated alkanes) is 3. The number of ether oxygens (including phenoxy) is 1. The molecule has 3 atom stereocenters. The maximum absolute atomic E-state index is 13.0. The van der Waals surface area contributed by atoms with Crippen molar-refractivity contribution in [2.45, 2.75) is 89.2 Å². The zero-order chi connectivity index (χ0) is 25.0. The summed E-state index contributed by atoms with van der Waals surface area (Å²) in [6, 6.07) is -1.58. The van der Waals surface area contributed by atoms with Crippen molar-refractivity contribution in [1.29, 1.82) is 0 Å². The molecule has 0 spiro atoms. The molecule has 0 radical (unpaired) electrons. The number of hydrogen-bond donors (Lipinski definition) is 4. The van der Waals surface area contributed by atoms with Crippen molar-refractivity contribution in [1.82, 2.24) is 20.9 Å². The van der Waals surface area contributed by atoms with E-state index in [0.717, 1.165) is 25.7 Å². The van der Waals surface area contributed by atoms with Crippen LogP contribution in [0, 0.1) is 0 Å². The largest absolute Gasteiger partial charge is 0.444 e. The van der Waals surface area contributed by atoms with Gasteiger partial charge in [0, 0.05) is 18.8 Å². The quantitative estimate of drug-likeness (QED) is 0.204. The first-order valence-corrected chi connectivity index (χ1v) is 12.1. The SMILES string of the molecule is CCCCCC=CC(S)C(NC(=O)C1CCCN1C(=O)CNC(=O)OC(C)(C)C)C(=O)NC. The number of nitrogens with one attached hydrogen (secondary N) is 3. The third-order valence-electron chi connectivity index (χ3n) is 5.13. The third-order valence-corrected chi connectivity index (χ3v) is 5.60. The van der Waals surface area contributed by atoms with Gasteiger partial charge in [0.05, 0.1) is 0 Å². The van der Waals surface area contributed by atoms with Gasteiger partial charge in [-0.15, -0.1) is 0 Å². The normalized spacial score (nSPS) is 18.0. The van der Waals surface area contributed by atoms with Crippen LogP contribution in [0.5, 0.6) is 0 Å². The molecule has 1 fully saturated rings. The Kier molecular flexibility index (Phi) is 12.3. The number of likely N-dealkylation sites (tertiary alicyclic amines) is 1. The van der Waals surface area contributed by atoms with Crippen molar-refractivity contribution in [2.24, 2.45) is 0 Å². The van der Waals surface area contributed by atoms with E-state index < -0.39 is 34.9 Å². The molecule has 1 rings (SSSR count). The second-order valence-electron chi connectivity index (χ2n) is 9.12. The van der Waals surface area contributed by atoms with Gasteiger partial charge in [0.1, 0.15) is 24.2 Å². The minimum absolute atomic E-state index is 0.271. The van der Waals surface area contributed by atoms with Crippen molar-refractivity contribution in [3.63, 3.8) is 0 Å². The lowest BCUT2D eigenvalue weighted by Gasteiger charge is -2.27. The first kappa shape index (κ1) is 28.8. The first-order valence-electron chi connectivity index (χ1n) is 11.6. The standard InChI is InChI=1S/C23H40N4O5S/c1-6-7-8-9-10-13-17(33)19(21(30)24-5)26-20(29)16-12-11-14-27(16)18(28)15-25-22(31)32-23(2,3)4/h10,13,16-17,19,33H,6-9,11-12,14-15H2,1-5H3,(H,24,30)(H,25,31)(H,26,29). The Balaban J connectivity index is 2.72. The number of carbonyl (C=O) groups excluding carboxylic acids is 4. The van der Waals surface area contributed by atoms with Crippen LogP contribution in [0.4, 0.5) is 4.79 Å².